The first kappa shape index (κ1) is 20.1. The van der Waals surface area contributed by atoms with E-state index in [1.807, 2.05) is 0 Å². The molecule has 146 valence electrons. The van der Waals surface area contributed by atoms with Gasteiger partial charge < -0.3 is 5.32 Å². The number of carbonyl (C=O) groups excluding carboxylic acids is 4. The highest BCUT2D eigenvalue weighted by atomic mass is 19.4. The van der Waals surface area contributed by atoms with Crippen LogP contribution in [0.25, 0.3) is 0 Å². The molecule has 1 fully saturated rings. The number of hydrogen-bond acceptors (Lipinski definition) is 4. The Morgan fingerprint density at radius 3 is 2.30 bits per heavy atom. The molecule has 1 aromatic carbocycles. The third-order valence-electron chi connectivity index (χ3n) is 3.56. The predicted molar refractivity (Wildman–Crippen MR) is 83.0 cm³/mol. The third kappa shape index (κ3) is 4.92. The largest absolute Gasteiger partial charge is 0.405 e. The molecular formula is C15H14F4N4O4. The Labute approximate surface area is 150 Å². The van der Waals surface area contributed by atoms with Crippen LogP contribution in [0.2, 0.25) is 0 Å². The summed E-state index contributed by atoms with van der Waals surface area (Å²) in [4.78, 5) is 49.2. The second-order valence-corrected chi connectivity index (χ2v) is 5.58. The average Bonchev–Trinajstić information content (AvgIpc) is 2.77. The van der Waals surface area contributed by atoms with Crippen molar-refractivity contribution in [3.8, 4) is 0 Å². The van der Waals surface area contributed by atoms with Crippen LogP contribution in [0.3, 0.4) is 0 Å². The second kappa shape index (κ2) is 7.60. The number of urea groups is 2. The van der Waals surface area contributed by atoms with E-state index in [-0.39, 0.29) is 5.69 Å². The van der Waals surface area contributed by atoms with Crippen molar-refractivity contribution in [1.29, 1.82) is 0 Å². The lowest BCUT2D eigenvalue weighted by atomic mass is 10.2. The summed E-state index contributed by atoms with van der Waals surface area (Å²) in [6.45, 7) is -1.13. The highest BCUT2D eigenvalue weighted by Crippen LogP contribution is 2.25. The van der Waals surface area contributed by atoms with Crippen molar-refractivity contribution in [2.75, 3.05) is 18.0 Å². The molecule has 1 atom stereocenters. The number of hydrogen-bond donors (Lipinski definition) is 2. The molecule has 0 unspecified atom stereocenters. The molecule has 27 heavy (non-hydrogen) atoms. The van der Waals surface area contributed by atoms with Crippen molar-refractivity contribution in [3.63, 3.8) is 0 Å². The van der Waals surface area contributed by atoms with Gasteiger partial charge in [-0.1, -0.05) is 0 Å². The Kier molecular flexibility index (Phi) is 5.66. The van der Waals surface area contributed by atoms with Crippen molar-refractivity contribution in [1.82, 2.24) is 15.5 Å². The van der Waals surface area contributed by atoms with Crippen LogP contribution in [-0.4, -0.2) is 54.1 Å². The van der Waals surface area contributed by atoms with Crippen LogP contribution >= 0.6 is 0 Å². The van der Waals surface area contributed by atoms with Crippen molar-refractivity contribution >= 4 is 29.6 Å². The topological polar surface area (TPSA) is 98.8 Å². The summed E-state index contributed by atoms with van der Waals surface area (Å²) in [5, 5.41) is 3.01. The number of halogens is 4. The number of anilines is 1. The lowest BCUT2D eigenvalue weighted by Gasteiger charge is -2.19. The Bertz CT molecular complexity index is 766. The second-order valence-electron chi connectivity index (χ2n) is 5.58. The maximum Gasteiger partial charge on any atom is 0.405 e. The number of rotatable bonds is 4. The van der Waals surface area contributed by atoms with Crippen LogP contribution in [0.4, 0.5) is 32.8 Å². The molecule has 0 aromatic heterocycles. The van der Waals surface area contributed by atoms with Crippen molar-refractivity contribution in [2.24, 2.45) is 0 Å². The van der Waals surface area contributed by atoms with Crippen LogP contribution in [0.5, 0.6) is 0 Å². The van der Waals surface area contributed by atoms with Gasteiger partial charge in [-0.15, -0.1) is 0 Å². The summed E-state index contributed by atoms with van der Waals surface area (Å²) in [7, 11) is 0. The summed E-state index contributed by atoms with van der Waals surface area (Å²) in [6.07, 6.45) is -4.66. The van der Waals surface area contributed by atoms with Gasteiger partial charge >= 0.3 is 18.2 Å². The van der Waals surface area contributed by atoms with Crippen molar-refractivity contribution < 1.29 is 36.7 Å². The number of imide groups is 2. The molecule has 2 rings (SSSR count). The first-order valence-corrected chi connectivity index (χ1v) is 7.54. The average molecular weight is 390 g/mol. The van der Waals surface area contributed by atoms with Crippen LogP contribution in [-0.2, 0) is 9.59 Å². The van der Waals surface area contributed by atoms with Gasteiger partial charge in [0.1, 0.15) is 24.9 Å². The maximum atomic E-state index is 13.0. The number of benzene rings is 1. The number of alkyl halides is 3. The van der Waals surface area contributed by atoms with Crippen LogP contribution in [0, 0.1) is 5.82 Å². The Morgan fingerprint density at radius 2 is 1.74 bits per heavy atom. The Morgan fingerprint density at radius 1 is 1.15 bits per heavy atom. The molecule has 6 amide bonds. The molecule has 2 N–H and O–H groups in total. The smallest absolute Gasteiger partial charge is 0.329 e. The van der Waals surface area contributed by atoms with E-state index in [1.165, 1.54) is 24.4 Å². The number of nitrogens with one attached hydrogen (secondary N) is 2. The molecule has 0 saturated carbocycles. The standard InChI is InChI=1S/C15H14F4N4O4/c1-8-12(25)22(6-11(24)21-13(26)20-7-15(17,18)19)14(27)23(8)10-4-2-9(16)3-5-10/h2-5,8H,6-7H2,1H3,(H2,20,21,24,26)/t8-/m0/s1. The summed E-state index contributed by atoms with van der Waals surface area (Å²) < 4.78 is 49.0. The maximum absolute atomic E-state index is 13.0. The number of carbonyl (C=O) groups is 4. The van der Waals surface area contributed by atoms with E-state index >= 15 is 0 Å². The summed E-state index contributed by atoms with van der Waals surface area (Å²) in [6, 6.07) is 1.41. The van der Waals surface area contributed by atoms with Gasteiger partial charge in [0.25, 0.3) is 5.91 Å². The quantitative estimate of drug-likeness (QED) is 0.599. The highest BCUT2D eigenvalue weighted by molar-refractivity contribution is 6.15. The van der Waals surface area contributed by atoms with Crippen LogP contribution in [0.15, 0.2) is 24.3 Å². The molecule has 1 aliphatic heterocycles. The first-order chi connectivity index (χ1) is 12.5. The summed E-state index contributed by atoms with van der Waals surface area (Å²) in [5.74, 6) is -2.45. The summed E-state index contributed by atoms with van der Waals surface area (Å²) >= 11 is 0. The van der Waals surface area contributed by atoms with Gasteiger partial charge in [-0.05, 0) is 31.2 Å². The van der Waals surface area contributed by atoms with Gasteiger partial charge in [-0.3, -0.25) is 24.7 Å². The lowest BCUT2D eigenvalue weighted by Crippen LogP contribution is -2.48. The zero-order valence-corrected chi connectivity index (χ0v) is 13.8. The van der Waals surface area contributed by atoms with E-state index in [1.54, 1.807) is 5.32 Å². The van der Waals surface area contributed by atoms with Gasteiger partial charge in [0, 0.05) is 5.69 Å². The molecule has 8 nitrogen and oxygen atoms in total. The van der Waals surface area contributed by atoms with E-state index in [4.69, 9.17) is 0 Å². The van der Waals surface area contributed by atoms with E-state index < -0.39 is 55.0 Å². The van der Waals surface area contributed by atoms with Crippen molar-refractivity contribution in [3.05, 3.63) is 30.1 Å². The molecule has 0 aliphatic carbocycles. The van der Waals surface area contributed by atoms with Crippen molar-refractivity contribution in [2.45, 2.75) is 19.1 Å². The van der Waals surface area contributed by atoms with E-state index in [9.17, 15) is 36.7 Å². The van der Waals surface area contributed by atoms with Gasteiger partial charge in [0.2, 0.25) is 5.91 Å². The Hall–Kier alpha value is -3.18. The minimum atomic E-state index is -4.66. The minimum absolute atomic E-state index is 0.216. The molecule has 1 saturated heterocycles. The molecule has 1 aliphatic rings. The van der Waals surface area contributed by atoms with E-state index in [0.29, 0.717) is 4.90 Å². The lowest BCUT2D eigenvalue weighted by molar-refractivity contribution is -0.131. The minimum Gasteiger partial charge on any atom is -0.329 e. The monoisotopic (exact) mass is 390 g/mol. The van der Waals surface area contributed by atoms with Crippen LogP contribution in [0.1, 0.15) is 6.92 Å². The fourth-order valence-electron chi connectivity index (χ4n) is 2.34. The molecule has 0 bridgehead atoms. The molecule has 0 spiro atoms. The number of nitrogens with zero attached hydrogens (tertiary/aromatic N) is 2. The van der Waals surface area contributed by atoms with Gasteiger partial charge in [-0.25, -0.2) is 14.0 Å². The van der Waals surface area contributed by atoms with Crippen LogP contribution < -0.4 is 15.5 Å². The van der Waals surface area contributed by atoms with E-state index in [0.717, 1.165) is 17.0 Å². The normalized spacial score (nSPS) is 17.3. The molecular weight excluding hydrogens is 376 g/mol. The SMILES string of the molecule is C[C@H]1C(=O)N(CC(=O)NC(=O)NCC(F)(F)F)C(=O)N1c1ccc(F)cc1. The summed E-state index contributed by atoms with van der Waals surface area (Å²) in [5.41, 5.74) is 0.216. The first-order valence-electron chi connectivity index (χ1n) is 7.54. The van der Waals surface area contributed by atoms with E-state index in [2.05, 4.69) is 0 Å². The zero-order valence-electron chi connectivity index (χ0n) is 13.8. The van der Waals surface area contributed by atoms with Gasteiger partial charge in [0.05, 0.1) is 0 Å². The molecule has 0 radical (unpaired) electrons. The molecule has 12 heteroatoms. The zero-order chi connectivity index (χ0) is 20.4. The number of amides is 6. The molecule has 1 heterocycles. The third-order valence-corrected chi connectivity index (χ3v) is 3.56. The fraction of sp³-hybridized carbons (Fsp3) is 0.333. The van der Waals surface area contributed by atoms with Gasteiger partial charge in [0.15, 0.2) is 0 Å². The predicted octanol–water partition coefficient (Wildman–Crippen LogP) is 1.37. The highest BCUT2D eigenvalue weighted by Gasteiger charge is 2.44. The Balaban J connectivity index is 2.01. The molecule has 1 aromatic rings. The fourth-order valence-corrected chi connectivity index (χ4v) is 2.34. The van der Waals surface area contributed by atoms with Gasteiger partial charge in [-0.2, -0.15) is 13.2 Å².